The second kappa shape index (κ2) is 4.57. The molecule has 2 heterocycles. The van der Waals surface area contributed by atoms with Gasteiger partial charge in [0.05, 0.1) is 19.1 Å². The Kier molecular flexibility index (Phi) is 2.82. The fourth-order valence-corrected chi connectivity index (χ4v) is 3.82. The summed E-state index contributed by atoms with van der Waals surface area (Å²) in [6, 6.07) is 8.50. The fourth-order valence-electron chi connectivity index (χ4n) is 3.50. The van der Waals surface area contributed by atoms with E-state index in [0.717, 1.165) is 23.9 Å². The Morgan fingerprint density at radius 3 is 2.85 bits per heavy atom. The lowest BCUT2D eigenvalue weighted by atomic mass is 9.60. The molecule has 1 aromatic carbocycles. The van der Waals surface area contributed by atoms with Crippen LogP contribution in [0.15, 0.2) is 46.4 Å². The number of hydrogen-bond donors (Lipinski definition) is 1. The first-order valence-electron chi connectivity index (χ1n) is 7.18. The van der Waals surface area contributed by atoms with Gasteiger partial charge in [0.25, 0.3) is 0 Å². The van der Waals surface area contributed by atoms with Crippen LogP contribution in [0.5, 0.6) is 0 Å². The van der Waals surface area contributed by atoms with Crippen molar-refractivity contribution in [3.05, 3.63) is 46.7 Å². The predicted octanol–water partition coefficient (Wildman–Crippen LogP) is 3.26. The van der Waals surface area contributed by atoms with Gasteiger partial charge in [0.2, 0.25) is 0 Å². The third-order valence-electron chi connectivity index (χ3n) is 4.74. The Morgan fingerprint density at radius 2 is 2.15 bits per heavy atom. The number of azo groups is 1. The molecule has 20 heavy (non-hydrogen) atoms. The average Bonchev–Trinajstić information content (AvgIpc) is 2.83. The van der Waals surface area contributed by atoms with Crippen LogP contribution in [0.1, 0.15) is 24.8 Å². The number of halogens is 1. The van der Waals surface area contributed by atoms with E-state index < -0.39 is 0 Å². The van der Waals surface area contributed by atoms with E-state index in [0.29, 0.717) is 0 Å². The van der Waals surface area contributed by atoms with Crippen LogP contribution in [0.25, 0.3) is 0 Å². The highest BCUT2D eigenvalue weighted by Gasteiger charge is 2.48. The molecule has 0 spiro atoms. The van der Waals surface area contributed by atoms with E-state index in [1.54, 1.807) is 0 Å². The van der Waals surface area contributed by atoms with Gasteiger partial charge in [0.1, 0.15) is 0 Å². The Balaban J connectivity index is 1.71. The normalized spacial score (nSPS) is 26.9. The van der Waals surface area contributed by atoms with Gasteiger partial charge in [-0.1, -0.05) is 36.2 Å². The molecule has 4 rings (SSSR count). The van der Waals surface area contributed by atoms with Crippen molar-refractivity contribution >= 4 is 11.6 Å². The van der Waals surface area contributed by atoms with E-state index in [9.17, 15) is 0 Å². The summed E-state index contributed by atoms with van der Waals surface area (Å²) < 4.78 is 0. The van der Waals surface area contributed by atoms with Crippen LogP contribution in [0.2, 0.25) is 5.02 Å². The van der Waals surface area contributed by atoms with Gasteiger partial charge >= 0.3 is 0 Å². The second-order valence-electron chi connectivity index (χ2n) is 5.74. The van der Waals surface area contributed by atoms with Crippen LogP contribution in [-0.4, -0.2) is 24.1 Å². The van der Waals surface area contributed by atoms with E-state index in [1.165, 1.54) is 24.8 Å². The van der Waals surface area contributed by atoms with Gasteiger partial charge in [-0.15, -0.1) is 5.11 Å². The number of hydrazine groups is 1. The third kappa shape index (κ3) is 1.71. The average molecular weight is 289 g/mol. The minimum Gasteiger partial charge on any atom is -0.288 e. The first-order chi connectivity index (χ1) is 9.79. The lowest BCUT2D eigenvalue weighted by molar-refractivity contribution is 0.143. The lowest BCUT2D eigenvalue weighted by Crippen LogP contribution is -2.53. The summed E-state index contributed by atoms with van der Waals surface area (Å²) in [6.45, 7) is 1.65. The van der Waals surface area contributed by atoms with Crippen molar-refractivity contribution in [2.24, 2.45) is 10.2 Å². The SMILES string of the molecule is Clc1ccccc1C1(C2C=C3N=NCCN3N2)CCC1. The summed E-state index contributed by atoms with van der Waals surface area (Å²) in [6.07, 6.45) is 5.81. The van der Waals surface area contributed by atoms with Crippen molar-refractivity contribution in [3.63, 3.8) is 0 Å². The number of hydrogen-bond acceptors (Lipinski definition) is 4. The molecule has 1 unspecified atom stereocenters. The van der Waals surface area contributed by atoms with E-state index in [4.69, 9.17) is 11.6 Å². The van der Waals surface area contributed by atoms with E-state index in [1.807, 2.05) is 12.1 Å². The van der Waals surface area contributed by atoms with Gasteiger partial charge in [-0.05, 0) is 30.5 Å². The number of fused-ring (bicyclic) bond motifs is 1. The smallest absolute Gasteiger partial charge is 0.162 e. The van der Waals surface area contributed by atoms with Crippen LogP contribution in [-0.2, 0) is 5.41 Å². The van der Waals surface area contributed by atoms with Crippen LogP contribution in [0, 0.1) is 0 Å². The third-order valence-corrected chi connectivity index (χ3v) is 5.06. The summed E-state index contributed by atoms with van der Waals surface area (Å²) in [5.41, 5.74) is 4.96. The molecule has 0 radical (unpaired) electrons. The standard InChI is InChI=1S/C15H17ClN4/c16-12-5-2-1-4-11(12)15(6-3-7-15)13-10-14-18-17-8-9-20(14)19-13/h1-2,4-5,10,13,19H,3,6-9H2. The summed E-state index contributed by atoms with van der Waals surface area (Å²) in [5, 5.41) is 11.4. The zero-order chi connectivity index (χ0) is 13.6. The molecule has 1 aliphatic carbocycles. The molecule has 2 aliphatic heterocycles. The summed E-state index contributed by atoms with van der Waals surface area (Å²) in [5.74, 6) is 0.958. The molecular weight excluding hydrogens is 272 g/mol. The van der Waals surface area contributed by atoms with E-state index in [-0.39, 0.29) is 11.5 Å². The van der Waals surface area contributed by atoms with Gasteiger partial charge in [-0.3, -0.25) is 5.01 Å². The van der Waals surface area contributed by atoms with Crippen LogP contribution in [0.4, 0.5) is 0 Å². The molecular formula is C15H17ClN4. The van der Waals surface area contributed by atoms with Crippen LogP contribution >= 0.6 is 11.6 Å². The van der Waals surface area contributed by atoms with E-state index >= 15 is 0 Å². The number of nitrogens with one attached hydrogen (secondary N) is 1. The minimum atomic E-state index is 0.109. The van der Waals surface area contributed by atoms with Crippen molar-refractivity contribution in [1.82, 2.24) is 10.4 Å². The van der Waals surface area contributed by atoms with Crippen LogP contribution < -0.4 is 5.43 Å². The molecule has 0 aromatic heterocycles. The maximum atomic E-state index is 6.45. The number of benzene rings is 1. The molecule has 1 saturated carbocycles. The minimum absolute atomic E-state index is 0.109. The topological polar surface area (TPSA) is 40.0 Å². The van der Waals surface area contributed by atoms with Crippen molar-refractivity contribution in [2.45, 2.75) is 30.7 Å². The predicted molar refractivity (Wildman–Crippen MR) is 78.4 cm³/mol. The highest BCUT2D eigenvalue weighted by Crippen LogP contribution is 2.50. The zero-order valence-electron chi connectivity index (χ0n) is 11.2. The lowest BCUT2D eigenvalue weighted by Gasteiger charge is -2.47. The molecule has 1 atom stereocenters. The van der Waals surface area contributed by atoms with Crippen molar-refractivity contribution in [1.29, 1.82) is 0 Å². The molecule has 1 fully saturated rings. The molecule has 1 aromatic rings. The van der Waals surface area contributed by atoms with Crippen molar-refractivity contribution in [2.75, 3.05) is 13.1 Å². The monoisotopic (exact) mass is 288 g/mol. The summed E-state index contributed by atoms with van der Waals surface area (Å²) >= 11 is 6.45. The Morgan fingerprint density at radius 1 is 1.30 bits per heavy atom. The first kappa shape index (κ1) is 12.4. The maximum Gasteiger partial charge on any atom is 0.162 e. The van der Waals surface area contributed by atoms with Gasteiger partial charge in [-0.2, -0.15) is 5.11 Å². The molecule has 3 aliphatic rings. The summed E-state index contributed by atoms with van der Waals surface area (Å²) in [7, 11) is 0. The first-order valence-corrected chi connectivity index (χ1v) is 7.55. The number of nitrogens with zero attached hydrogens (tertiary/aromatic N) is 3. The second-order valence-corrected chi connectivity index (χ2v) is 6.15. The molecule has 0 amide bonds. The molecule has 104 valence electrons. The summed E-state index contributed by atoms with van der Waals surface area (Å²) in [4.78, 5) is 0. The number of rotatable bonds is 2. The largest absolute Gasteiger partial charge is 0.288 e. The Bertz CT molecular complexity index is 591. The molecule has 4 nitrogen and oxygen atoms in total. The molecule has 0 bridgehead atoms. The molecule has 5 heteroatoms. The van der Waals surface area contributed by atoms with Gasteiger partial charge in [-0.25, -0.2) is 5.43 Å². The fraction of sp³-hybridized carbons (Fsp3) is 0.467. The quantitative estimate of drug-likeness (QED) is 0.907. The maximum absolute atomic E-state index is 6.45. The highest BCUT2D eigenvalue weighted by atomic mass is 35.5. The van der Waals surface area contributed by atoms with Crippen molar-refractivity contribution in [3.8, 4) is 0 Å². The van der Waals surface area contributed by atoms with E-state index in [2.05, 4.69) is 38.9 Å². The van der Waals surface area contributed by atoms with Gasteiger partial charge in [0.15, 0.2) is 5.82 Å². The van der Waals surface area contributed by atoms with Gasteiger partial charge < -0.3 is 0 Å². The zero-order valence-corrected chi connectivity index (χ0v) is 12.0. The highest BCUT2D eigenvalue weighted by molar-refractivity contribution is 6.31. The van der Waals surface area contributed by atoms with Crippen molar-refractivity contribution < 1.29 is 0 Å². The Hall–Kier alpha value is -1.39. The Labute approximate surface area is 123 Å². The molecule has 1 N–H and O–H groups in total. The van der Waals surface area contributed by atoms with Gasteiger partial charge in [0, 0.05) is 10.4 Å². The van der Waals surface area contributed by atoms with Crippen LogP contribution in [0.3, 0.4) is 0 Å². The molecule has 0 saturated heterocycles.